The molecule has 2 N–H and O–H groups in total. The van der Waals surface area contributed by atoms with E-state index in [-0.39, 0.29) is 11.9 Å². The number of likely N-dealkylation sites (N-methyl/N-ethyl adjacent to an activating group) is 1. The van der Waals surface area contributed by atoms with Crippen LogP contribution in [0.15, 0.2) is 18.2 Å². The Bertz CT molecular complexity index is 355. The minimum absolute atomic E-state index is 0.185. The van der Waals surface area contributed by atoms with Crippen molar-refractivity contribution in [3.8, 4) is 0 Å². The molecule has 0 aliphatic heterocycles. The number of halogens is 1. The van der Waals surface area contributed by atoms with E-state index in [0.29, 0.717) is 25.4 Å². The predicted octanol–water partition coefficient (Wildman–Crippen LogP) is 2.32. The first-order valence-electron chi connectivity index (χ1n) is 5.90. The molecule has 0 radical (unpaired) electrons. The third-order valence-corrected chi connectivity index (χ3v) is 2.67. The van der Waals surface area contributed by atoms with Crippen molar-refractivity contribution >= 4 is 5.69 Å². The molecule has 0 bridgehead atoms. The van der Waals surface area contributed by atoms with Gasteiger partial charge in [-0.2, -0.15) is 0 Å². The van der Waals surface area contributed by atoms with Gasteiger partial charge in [0.1, 0.15) is 5.82 Å². The van der Waals surface area contributed by atoms with Gasteiger partial charge < -0.3 is 15.4 Å². The van der Waals surface area contributed by atoms with Crippen LogP contribution in [0.25, 0.3) is 0 Å². The number of hydrogen-bond donors (Lipinski definition) is 1. The van der Waals surface area contributed by atoms with Gasteiger partial charge in [-0.05, 0) is 25.5 Å². The van der Waals surface area contributed by atoms with Gasteiger partial charge in [0.25, 0.3) is 0 Å². The lowest BCUT2D eigenvalue weighted by Crippen LogP contribution is -2.26. The van der Waals surface area contributed by atoms with Crippen LogP contribution < -0.4 is 10.6 Å². The van der Waals surface area contributed by atoms with Gasteiger partial charge in [0.2, 0.25) is 0 Å². The van der Waals surface area contributed by atoms with Crippen molar-refractivity contribution in [2.75, 3.05) is 31.7 Å². The highest BCUT2D eigenvalue weighted by Gasteiger charge is 2.15. The van der Waals surface area contributed by atoms with Crippen LogP contribution in [-0.4, -0.2) is 26.8 Å². The molecular weight excluding hydrogens is 219 g/mol. The molecule has 0 heterocycles. The molecule has 0 aromatic heterocycles. The molecule has 1 aromatic carbocycles. The van der Waals surface area contributed by atoms with Crippen molar-refractivity contribution in [2.45, 2.75) is 19.9 Å². The molecule has 0 unspecified atom stereocenters. The minimum Gasteiger partial charge on any atom is -0.380 e. The van der Waals surface area contributed by atoms with Crippen molar-refractivity contribution in [3.05, 3.63) is 29.6 Å². The number of hydrogen-bond acceptors (Lipinski definition) is 3. The maximum Gasteiger partial charge on any atom is 0.146 e. The Hall–Kier alpha value is -1.13. The van der Waals surface area contributed by atoms with E-state index >= 15 is 0 Å². The Balaban J connectivity index is 2.87. The highest BCUT2D eigenvalue weighted by molar-refractivity contribution is 5.55. The zero-order valence-electron chi connectivity index (χ0n) is 10.7. The zero-order chi connectivity index (χ0) is 12.8. The Morgan fingerprint density at radius 2 is 2.18 bits per heavy atom. The molecule has 1 aromatic rings. The van der Waals surface area contributed by atoms with Crippen LogP contribution in [0.4, 0.5) is 10.1 Å². The van der Waals surface area contributed by atoms with Crippen LogP contribution in [-0.2, 0) is 4.74 Å². The second-order valence-corrected chi connectivity index (χ2v) is 4.08. The number of para-hydroxylation sites is 1. The summed E-state index contributed by atoms with van der Waals surface area (Å²) in [6.45, 7) is 5.70. The van der Waals surface area contributed by atoms with Crippen molar-refractivity contribution < 1.29 is 9.13 Å². The fraction of sp³-hybridized carbons (Fsp3) is 0.538. The number of nitrogens with zero attached hydrogens (tertiary/aromatic N) is 1. The molecule has 0 saturated carbocycles. The van der Waals surface area contributed by atoms with Crippen LogP contribution in [0.2, 0.25) is 0 Å². The molecule has 0 aliphatic rings. The molecule has 17 heavy (non-hydrogen) atoms. The maximum absolute atomic E-state index is 13.8. The van der Waals surface area contributed by atoms with Gasteiger partial charge in [-0.25, -0.2) is 4.39 Å². The van der Waals surface area contributed by atoms with E-state index in [1.165, 1.54) is 6.07 Å². The first kappa shape index (κ1) is 13.9. The van der Waals surface area contributed by atoms with Crippen LogP contribution >= 0.6 is 0 Å². The normalized spacial score (nSPS) is 12.5. The molecule has 0 amide bonds. The molecule has 0 saturated heterocycles. The number of benzene rings is 1. The highest BCUT2D eigenvalue weighted by Crippen LogP contribution is 2.27. The van der Waals surface area contributed by atoms with Crippen LogP contribution in [0.1, 0.15) is 25.5 Å². The summed E-state index contributed by atoms with van der Waals surface area (Å²) in [5.41, 5.74) is 7.25. The standard InChI is InChI=1S/C13H21FN2O/c1-4-17-9-8-16(3)13-11(10(2)15)6-5-7-12(13)14/h5-7,10H,4,8-9,15H2,1-3H3/t10-/m0/s1. The maximum atomic E-state index is 13.8. The molecule has 0 spiro atoms. The zero-order valence-corrected chi connectivity index (χ0v) is 10.7. The Morgan fingerprint density at radius 3 is 2.76 bits per heavy atom. The second-order valence-electron chi connectivity index (χ2n) is 4.08. The number of anilines is 1. The van der Waals surface area contributed by atoms with Crippen molar-refractivity contribution in [1.29, 1.82) is 0 Å². The smallest absolute Gasteiger partial charge is 0.146 e. The van der Waals surface area contributed by atoms with Crippen molar-refractivity contribution in [1.82, 2.24) is 0 Å². The summed E-state index contributed by atoms with van der Waals surface area (Å²) in [6, 6.07) is 4.82. The number of rotatable bonds is 6. The van der Waals surface area contributed by atoms with E-state index in [2.05, 4.69) is 0 Å². The van der Waals surface area contributed by atoms with Crippen LogP contribution in [0.5, 0.6) is 0 Å². The summed E-state index contributed by atoms with van der Waals surface area (Å²) >= 11 is 0. The molecule has 0 aliphatic carbocycles. The van der Waals surface area contributed by atoms with E-state index in [1.54, 1.807) is 6.07 Å². The summed E-state index contributed by atoms with van der Waals surface area (Å²) in [4.78, 5) is 1.85. The molecule has 96 valence electrons. The van der Waals surface area contributed by atoms with Gasteiger partial charge in [-0.15, -0.1) is 0 Å². The Labute approximate surface area is 102 Å². The Kier molecular flexibility index (Phi) is 5.38. The molecule has 1 atom stereocenters. The summed E-state index contributed by atoms with van der Waals surface area (Å²) in [7, 11) is 1.85. The molecule has 1 rings (SSSR count). The lowest BCUT2D eigenvalue weighted by molar-refractivity contribution is 0.154. The second kappa shape index (κ2) is 6.57. The number of ether oxygens (including phenoxy) is 1. The summed E-state index contributed by atoms with van der Waals surface area (Å²) in [5.74, 6) is -0.237. The molecular formula is C13H21FN2O. The van der Waals surface area contributed by atoms with E-state index in [9.17, 15) is 4.39 Å². The monoisotopic (exact) mass is 240 g/mol. The van der Waals surface area contributed by atoms with Gasteiger partial charge in [-0.3, -0.25) is 0 Å². The average Bonchev–Trinajstić information content (AvgIpc) is 2.28. The fourth-order valence-corrected chi connectivity index (χ4v) is 1.76. The van der Waals surface area contributed by atoms with Gasteiger partial charge in [0.05, 0.1) is 12.3 Å². The van der Waals surface area contributed by atoms with E-state index in [4.69, 9.17) is 10.5 Å². The molecule has 3 nitrogen and oxygen atoms in total. The fourth-order valence-electron chi connectivity index (χ4n) is 1.76. The van der Waals surface area contributed by atoms with Crippen molar-refractivity contribution in [2.24, 2.45) is 5.73 Å². The molecule has 4 heteroatoms. The predicted molar refractivity (Wildman–Crippen MR) is 68.8 cm³/mol. The first-order chi connectivity index (χ1) is 8.07. The van der Waals surface area contributed by atoms with E-state index in [0.717, 1.165) is 5.56 Å². The van der Waals surface area contributed by atoms with E-state index in [1.807, 2.05) is 31.9 Å². The Morgan fingerprint density at radius 1 is 1.47 bits per heavy atom. The topological polar surface area (TPSA) is 38.5 Å². The van der Waals surface area contributed by atoms with Crippen molar-refractivity contribution in [3.63, 3.8) is 0 Å². The SMILES string of the molecule is CCOCCN(C)c1c(F)cccc1[C@H](C)N. The summed E-state index contributed by atoms with van der Waals surface area (Å²) < 4.78 is 19.1. The van der Waals surface area contributed by atoms with E-state index < -0.39 is 0 Å². The number of nitrogens with two attached hydrogens (primary N) is 1. The van der Waals surface area contributed by atoms with Gasteiger partial charge >= 0.3 is 0 Å². The minimum atomic E-state index is -0.237. The van der Waals surface area contributed by atoms with Gasteiger partial charge in [0, 0.05) is 26.2 Å². The lowest BCUT2D eigenvalue weighted by Gasteiger charge is -2.24. The summed E-state index contributed by atoms with van der Waals surface area (Å²) in [5, 5.41) is 0. The first-order valence-corrected chi connectivity index (χ1v) is 5.90. The van der Waals surface area contributed by atoms with Crippen LogP contribution in [0, 0.1) is 5.82 Å². The highest BCUT2D eigenvalue weighted by atomic mass is 19.1. The third-order valence-electron chi connectivity index (χ3n) is 2.67. The largest absolute Gasteiger partial charge is 0.380 e. The third kappa shape index (κ3) is 3.68. The molecule has 0 fully saturated rings. The van der Waals surface area contributed by atoms with Crippen LogP contribution in [0.3, 0.4) is 0 Å². The summed E-state index contributed by atoms with van der Waals surface area (Å²) in [6.07, 6.45) is 0. The van der Waals surface area contributed by atoms with Gasteiger partial charge in [0.15, 0.2) is 0 Å². The van der Waals surface area contributed by atoms with Gasteiger partial charge in [-0.1, -0.05) is 12.1 Å². The lowest BCUT2D eigenvalue weighted by atomic mass is 10.1. The quantitative estimate of drug-likeness (QED) is 0.775. The average molecular weight is 240 g/mol.